The smallest absolute Gasteiger partial charge is 0.268 e. The van der Waals surface area contributed by atoms with Crippen molar-refractivity contribution < 1.29 is 4.92 Å². The van der Waals surface area contributed by atoms with E-state index in [9.17, 15) is 10.1 Å². The predicted octanol–water partition coefficient (Wildman–Crippen LogP) is 3.73. The Morgan fingerprint density at radius 1 is 1.28 bits per heavy atom. The maximum Gasteiger partial charge on any atom is 0.268 e. The topological polar surface area (TPSA) is 46.4 Å². The Hall–Kier alpha value is -1.32. The minimum atomic E-state index is -0.275. The molecule has 0 saturated carbocycles. The molecule has 102 valence electrons. The third kappa shape index (κ3) is 4.51. The van der Waals surface area contributed by atoms with Crippen LogP contribution in [0.3, 0.4) is 0 Å². The van der Waals surface area contributed by atoms with Crippen molar-refractivity contribution in [1.82, 2.24) is 4.90 Å². The molecule has 4 nitrogen and oxygen atoms in total. The summed E-state index contributed by atoms with van der Waals surface area (Å²) in [5.41, 5.74) is 0.295. The van der Waals surface area contributed by atoms with E-state index < -0.39 is 0 Å². The van der Waals surface area contributed by atoms with Gasteiger partial charge in [-0.25, -0.2) is 0 Å². The molecule has 1 aliphatic heterocycles. The van der Waals surface area contributed by atoms with E-state index >= 15 is 0 Å². The molecule has 4 heteroatoms. The average Bonchev–Trinajstić information content (AvgIpc) is 2.35. The van der Waals surface area contributed by atoms with E-state index in [0.717, 1.165) is 13.0 Å². The molecule has 0 radical (unpaired) electrons. The number of nitro groups is 1. The molecular formula is C14H24N2O2. The van der Waals surface area contributed by atoms with Gasteiger partial charge in [-0.1, -0.05) is 39.0 Å². The Morgan fingerprint density at radius 3 is 2.61 bits per heavy atom. The summed E-state index contributed by atoms with van der Waals surface area (Å²) in [5, 5.41) is 10.8. The van der Waals surface area contributed by atoms with E-state index in [1.165, 1.54) is 32.1 Å². The van der Waals surface area contributed by atoms with Crippen LogP contribution in [0.1, 0.15) is 52.4 Å². The second kappa shape index (κ2) is 7.90. The lowest BCUT2D eigenvalue weighted by atomic mass is 10.1. The Morgan fingerprint density at radius 2 is 1.94 bits per heavy atom. The van der Waals surface area contributed by atoms with E-state index in [0.29, 0.717) is 5.70 Å². The summed E-state index contributed by atoms with van der Waals surface area (Å²) in [6.07, 6.45) is 12.8. The van der Waals surface area contributed by atoms with Gasteiger partial charge >= 0.3 is 0 Å². The van der Waals surface area contributed by atoms with Crippen molar-refractivity contribution in [1.29, 1.82) is 0 Å². The van der Waals surface area contributed by atoms with Gasteiger partial charge in [0.2, 0.25) is 0 Å². The molecule has 1 unspecified atom stereocenters. The predicted molar refractivity (Wildman–Crippen MR) is 73.8 cm³/mol. The fourth-order valence-corrected chi connectivity index (χ4v) is 2.25. The van der Waals surface area contributed by atoms with Crippen molar-refractivity contribution in [2.75, 3.05) is 6.54 Å². The van der Waals surface area contributed by atoms with Gasteiger partial charge in [-0.15, -0.1) is 0 Å². The minimum absolute atomic E-state index is 0.111. The molecule has 0 aromatic rings. The molecule has 1 aliphatic rings. The van der Waals surface area contributed by atoms with Crippen molar-refractivity contribution >= 4 is 0 Å². The van der Waals surface area contributed by atoms with Gasteiger partial charge in [-0.2, -0.15) is 0 Å². The maximum atomic E-state index is 10.8. The van der Waals surface area contributed by atoms with E-state index in [1.807, 2.05) is 13.1 Å². The van der Waals surface area contributed by atoms with Crippen molar-refractivity contribution in [3.63, 3.8) is 0 Å². The maximum absolute atomic E-state index is 10.8. The zero-order valence-electron chi connectivity index (χ0n) is 11.5. The lowest BCUT2D eigenvalue weighted by Gasteiger charge is -2.27. The molecule has 1 rings (SSSR count). The molecule has 0 saturated heterocycles. The SMILES string of the molecule is CCCCCCCCN1C=CC=C([N+](=O)[O-])C1C. The summed E-state index contributed by atoms with van der Waals surface area (Å²) in [5.74, 6) is 0. The van der Waals surface area contributed by atoms with Crippen LogP contribution in [-0.4, -0.2) is 22.4 Å². The first-order valence-corrected chi connectivity index (χ1v) is 6.95. The van der Waals surface area contributed by atoms with Gasteiger partial charge < -0.3 is 4.90 Å². The van der Waals surface area contributed by atoms with E-state index in [2.05, 4.69) is 11.8 Å². The van der Waals surface area contributed by atoms with Crippen LogP contribution in [0.15, 0.2) is 24.0 Å². The Labute approximate surface area is 110 Å². The molecule has 1 heterocycles. The first kappa shape index (κ1) is 14.7. The number of unbranched alkanes of at least 4 members (excludes halogenated alkanes) is 5. The number of hydrogen-bond acceptors (Lipinski definition) is 3. The van der Waals surface area contributed by atoms with Crippen LogP contribution < -0.4 is 0 Å². The van der Waals surface area contributed by atoms with Gasteiger partial charge in [-0.05, 0) is 19.4 Å². The fourth-order valence-electron chi connectivity index (χ4n) is 2.25. The van der Waals surface area contributed by atoms with Crippen LogP contribution in [0, 0.1) is 10.1 Å². The van der Waals surface area contributed by atoms with Gasteiger partial charge in [0.1, 0.15) is 6.04 Å². The van der Waals surface area contributed by atoms with Crippen LogP contribution in [0.2, 0.25) is 0 Å². The van der Waals surface area contributed by atoms with Gasteiger partial charge in [-0.3, -0.25) is 10.1 Å². The van der Waals surface area contributed by atoms with Gasteiger partial charge in [0.15, 0.2) is 0 Å². The third-order valence-corrected chi connectivity index (χ3v) is 3.45. The fraction of sp³-hybridized carbons (Fsp3) is 0.714. The molecule has 1 atom stereocenters. The standard InChI is InChI=1S/C14H24N2O2/c1-3-4-5-6-7-8-11-15-12-9-10-14(13(15)2)16(17)18/h9-10,12-13H,3-8,11H2,1-2H3. The first-order valence-electron chi connectivity index (χ1n) is 6.95. The molecule has 0 aromatic carbocycles. The number of allylic oxidation sites excluding steroid dienone is 2. The van der Waals surface area contributed by atoms with Crippen LogP contribution >= 0.6 is 0 Å². The summed E-state index contributed by atoms with van der Waals surface area (Å²) in [6, 6.07) is -0.111. The first-order chi connectivity index (χ1) is 8.66. The van der Waals surface area contributed by atoms with Crippen molar-refractivity contribution in [2.24, 2.45) is 0 Å². The highest BCUT2D eigenvalue weighted by molar-refractivity contribution is 5.17. The Kier molecular flexibility index (Phi) is 6.47. The summed E-state index contributed by atoms with van der Waals surface area (Å²) in [7, 11) is 0. The van der Waals surface area contributed by atoms with Crippen LogP contribution in [0.25, 0.3) is 0 Å². The van der Waals surface area contributed by atoms with Crippen LogP contribution in [0.4, 0.5) is 0 Å². The molecule has 0 amide bonds. The summed E-state index contributed by atoms with van der Waals surface area (Å²) in [6.45, 7) is 5.02. The quantitative estimate of drug-likeness (QED) is 0.376. The van der Waals surface area contributed by atoms with Gasteiger partial charge in [0.25, 0.3) is 5.70 Å². The van der Waals surface area contributed by atoms with Crippen molar-refractivity contribution in [2.45, 2.75) is 58.4 Å². The molecular weight excluding hydrogens is 228 g/mol. The normalized spacial score (nSPS) is 18.9. The Bertz CT molecular complexity index is 324. The zero-order chi connectivity index (χ0) is 13.4. The summed E-state index contributed by atoms with van der Waals surface area (Å²) >= 11 is 0. The van der Waals surface area contributed by atoms with Crippen LogP contribution in [0.5, 0.6) is 0 Å². The highest BCUT2D eigenvalue weighted by Crippen LogP contribution is 2.17. The average molecular weight is 252 g/mol. The second-order valence-electron chi connectivity index (χ2n) is 4.87. The number of hydrogen-bond donors (Lipinski definition) is 0. The number of rotatable bonds is 8. The van der Waals surface area contributed by atoms with Crippen molar-refractivity contribution in [3.05, 3.63) is 34.2 Å². The summed E-state index contributed by atoms with van der Waals surface area (Å²) < 4.78 is 0. The summed E-state index contributed by atoms with van der Waals surface area (Å²) in [4.78, 5) is 12.6. The molecule has 0 N–H and O–H groups in total. The molecule has 0 aromatic heterocycles. The Balaban J connectivity index is 2.25. The molecule has 0 aliphatic carbocycles. The zero-order valence-corrected chi connectivity index (χ0v) is 11.5. The minimum Gasteiger partial charge on any atom is -0.365 e. The van der Waals surface area contributed by atoms with Gasteiger partial charge in [0.05, 0.1) is 4.92 Å². The number of nitrogens with zero attached hydrogens (tertiary/aromatic N) is 2. The van der Waals surface area contributed by atoms with Crippen molar-refractivity contribution in [3.8, 4) is 0 Å². The molecule has 0 bridgehead atoms. The van der Waals surface area contributed by atoms with E-state index in [1.54, 1.807) is 12.2 Å². The molecule has 0 spiro atoms. The highest BCUT2D eigenvalue weighted by Gasteiger charge is 2.25. The lowest BCUT2D eigenvalue weighted by molar-refractivity contribution is -0.432. The third-order valence-electron chi connectivity index (χ3n) is 3.45. The van der Waals surface area contributed by atoms with E-state index in [4.69, 9.17) is 0 Å². The molecule has 18 heavy (non-hydrogen) atoms. The monoisotopic (exact) mass is 252 g/mol. The van der Waals surface area contributed by atoms with Gasteiger partial charge in [0, 0.05) is 18.8 Å². The van der Waals surface area contributed by atoms with E-state index in [-0.39, 0.29) is 11.0 Å². The largest absolute Gasteiger partial charge is 0.365 e. The highest BCUT2D eigenvalue weighted by atomic mass is 16.6. The second-order valence-corrected chi connectivity index (χ2v) is 4.87. The lowest BCUT2D eigenvalue weighted by Crippen LogP contribution is -2.34. The van der Waals surface area contributed by atoms with Crippen LogP contribution in [-0.2, 0) is 0 Å². The molecule has 0 fully saturated rings.